The van der Waals surface area contributed by atoms with Crippen molar-refractivity contribution in [2.45, 2.75) is 0 Å². The number of ether oxygens (including phenoxy) is 1. The lowest BCUT2D eigenvalue weighted by molar-refractivity contribution is 0.0697. The molecule has 0 radical (unpaired) electrons. The van der Waals surface area contributed by atoms with Gasteiger partial charge in [-0.1, -0.05) is 6.07 Å². The zero-order chi connectivity index (χ0) is 21.1. The molecule has 1 aliphatic rings. The number of hydrogen-bond donors (Lipinski definition) is 2. The number of anilines is 3. The molecule has 0 unspecified atom stereocenters. The average Bonchev–Trinajstić information content (AvgIpc) is 2.75. The average molecular weight is 413 g/mol. The van der Waals surface area contributed by atoms with Gasteiger partial charge in [-0.05, 0) is 18.2 Å². The van der Waals surface area contributed by atoms with Crippen LogP contribution in [0.5, 0.6) is 0 Å². The Labute approximate surface area is 170 Å². The normalized spacial score (nSPS) is 13.9. The van der Waals surface area contributed by atoms with Crippen molar-refractivity contribution < 1.29 is 23.4 Å². The second-order valence-corrected chi connectivity index (χ2v) is 6.51. The number of hydrogen-bond acceptors (Lipinski definition) is 7. The molecule has 3 heterocycles. The molecule has 0 saturated carbocycles. The number of carboxylic acid groups (broad SMARTS) is 1. The highest BCUT2D eigenvalue weighted by molar-refractivity contribution is 5.95. The molecule has 30 heavy (non-hydrogen) atoms. The van der Waals surface area contributed by atoms with Gasteiger partial charge in [0, 0.05) is 19.3 Å². The third kappa shape index (κ3) is 4.03. The number of nitrogens with zero attached hydrogens (tertiary/aromatic N) is 4. The molecule has 8 nitrogen and oxygen atoms in total. The predicted molar refractivity (Wildman–Crippen MR) is 105 cm³/mol. The van der Waals surface area contributed by atoms with Gasteiger partial charge in [0.05, 0.1) is 48.2 Å². The maximum atomic E-state index is 14.1. The van der Waals surface area contributed by atoms with Crippen LogP contribution < -0.4 is 10.2 Å². The van der Waals surface area contributed by atoms with E-state index >= 15 is 0 Å². The van der Waals surface area contributed by atoms with Crippen molar-refractivity contribution in [1.29, 1.82) is 0 Å². The number of benzene rings is 1. The quantitative estimate of drug-likeness (QED) is 0.658. The van der Waals surface area contributed by atoms with Crippen LogP contribution in [0, 0.1) is 11.6 Å². The summed E-state index contributed by atoms with van der Waals surface area (Å²) in [6.45, 7) is 2.69. The summed E-state index contributed by atoms with van der Waals surface area (Å²) in [6.07, 6.45) is 4.26. The van der Waals surface area contributed by atoms with Crippen LogP contribution in [0.15, 0.2) is 42.9 Å². The maximum Gasteiger partial charge on any atom is 0.339 e. The van der Waals surface area contributed by atoms with E-state index in [0.29, 0.717) is 13.2 Å². The van der Waals surface area contributed by atoms with E-state index in [4.69, 9.17) is 4.74 Å². The number of aromatic nitrogens is 3. The minimum atomic E-state index is -1.25. The van der Waals surface area contributed by atoms with Gasteiger partial charge in [-0.15, -0.1) is 0 Å². The van der Waals surface area contributed by atoms with Crippen molar-refractivity contribution in [2.75, 3.05) is 36.5 Å². The number of rotatable bonds is 5. The Kier molecular flexibility index (Phi) is 5.48. The lowest BCUT2D eigenvalue weighted by Crippen LogP contribution is -2.36. The predicted octanol–water partition coefficient (Wildman–Crippen LogP) is 3.10. The molecule has 10 heteroatoms. The fourth-order valence-corrected chi connectivity index (χ4v) is 3.10. The first kappa shape index (κ1) is 19.6. The van der Waals surface area contributed by atoms with Crippen molar-refractivity contribution in [1.82, 2.24) is 15.0 Å². The number of halogens is 2. The zero-order valence-electron chi connectivity index (χ0n) is 15.7. The van der Waals surface area contributed by atoms with Gasteiger partial charge in [0.25, 0.3) is 0 Å². The van der Waals surface area contributed by atoms with Gasteiger partial charge in [0.1, 0.15) is 17.2 Å². The topological polar surface area (TPSA) is 100 Å². The highest BCUT2D eigenvalue weighted by Gasteiger charge is 2.18. The van der Waals surface area contributed by atoms with E-state index in [2.05, 4.69) is 25.2 Å². The van der Waals surface area contributed by atoms with Crippen molar-refractivity contribution in [3.63, 3.8) is 0 Å². The molecule has 1 fully saturated rings. The first-order chi connectivity index (χ1) is 14.5. The van der Waals surface area contributed by atoms with Crippen LogP contribution in [0.3, 0.4) is 0 Å². The molecule has 0 atom stereocenters. The van der Waals surface area contributed by atoms with E-state index in [1.165, 1.54) is 12.1 Å². The standard InChI is InChI=1S/C20H17F2N5O3/c21-14-2-1-3-15(22)18(14)17-8-16(13(11-23-17)19(28)29)26-20-24-9-12(10-25-20)27-4-6-30-7-5-27/h1-3,8-11H,4-7H2,(H,28,29)(H,23,24,25,26). The fourth-order valence-electron chi connectivity index (χ4n) is 3.10. The highest BCUT2D eigenvalue weighted by Crippen LogP contribution is 2.29. The molecule has 1 aliphatic heterocycles. The molecular weight excluding hydrogens is 396 g/mol. The first-order valence-corrected chi connectivity index (χ1v) is 9.12. The number of nitrogens with one attached hydrogen (secondary N) is 1. The largest absolute Gasteiger partial charge is 0.478 e. The molecule has 0 bridgehead atoms. The van der Waals surface area contributed by atoms with Gasteiger partial charge in [-0.2, -0.15) is 0 Å². The lowest BCUT2D eigenvalue weighted by atomic mass is 10.1. The summed E-state index contributed by atoms with van der Waals surface area (Å²) in [5.74, 6) is -2.72. The van der Waals surface area contributed by atoms with E-state index in [0.717, 1.165) is 37.1 Å². The van der Waals surface area contributed by atoms with Crippen molar-refractivity contribution in [3.8, 4) is 11.3 Å². The summed E-state index contributed by atoms with van der Waals surface area (Å²) in [7, 11) is 0. The van der Waals surface area contributed by atoms with Crippen LogP contribution in [0.2, 0.25) is 0 Å². The monoisotopic (exact) mass is 413 g/mol. The summed E-state index contributed by atoms with van der Waals surface area (Å²) in [5.41, 5.74) is 0.292. The van der Waals surface area contributed by atoms with Crippen LogP contribution in [0.1, 0.15) is 10.4 Å². The second kappa shape index (κ2) is 8.37. The number of aromatic carboxylic acids is 1. The van der Waals surface area contributed by atoms with Crippen molar-refractivity contribution in [2.24, 2.45) is 0 Å². The van der Waals surface area contributed by atoms with E-state index in [1.54, 1.807) is 12.4 Å². The SMILES string of the molecule is O=C(O)c1cnc(-c2c(F)cccc2F)cc1Nc1ncc(N2CCOCC2)cn1. The number of morpholine rings is 1. The Balaban J connectivity index is 1.65. The lowest BCUT2D eigenvalue weighted by Gasteiger charge is -2.28. The smallest absolute Gasteiger partial charge is 0.339 e. The van der Waals surface area contributed by atoms with Crippen LogP contribution >= 0.6 is 0 Å². The summed E-state index contributed by atoms with van der Waals surface area (Å²) in [6, 6.07) is 4.70. The number of pyridine rings is 1. The summed E-state index contributed by atoms with van der Waals surface area (Å²) in [5, 5.41) is 12.2. The van der Waals surface area contributed by atoms with E-state index in [9.17, 15) is 18.7 Å². The van der Waals surface area contributed by atoms with E-state index in [-0.39, 0.29) is 28.5 Å². The van der Waals surface area contributed by atoms with E-state index in [1.807, 2.05) is 0 Å². The Morgan fingerprint density at radius 1 is 1.07 bits per heavy atom. The fraction of sp³-hybridized carbons (Fsp3) is 0.200. The van der Waals surface area contributed by atoms with Gasteiger partial charge in [0.2, 0.25) is 5.95 Å². The van der Waals surface area contributed by atoms with Crippen LogP contribution in [0.25, 0.3) is 11.3 Å². The molecule has 4 rings (SSSR count). The minimum absolute atomic E-state index is 0.0527. The maximum absolute atomic E-state index is 14.1. The number of carboxylic acids is 1. The minimum Gasteiger partial charge on any atom is -0.478 e. The Morgan fingerprint density at radius 2 is 1.73 bits per heavy atom. The van der Waals surface area contributed by atoms with Crippen molar-refractivity contribution >= 4 is 23.3 Å². The molecule has 1 saturated heterocycles. The van der Waals surface area contributed by atoms with Crippen molar-refractivity contribution in [3.05, 3.63) is 60.1 Å². The summed E-state index contributed by atoms with van der Waals surface area (Å²) in [4.78, 5) is 26.0. The van der Waals surface area contributed by atoms with Crippen LogP contribution in [-0.2, 0) is 4.74 Å². The van der Waals surface area contributed by atoms with Crippen LogP contribution in [-0.4, -0.2) is 52.3 Å². The zero-order valence-corrected chi connectivity index (χ0v) is 15.7. The summed E-state index contributed by atoms with van der Waals surface area (Å²) < 4.78 is 33.6. The molecule has 154 valence electrons. The van der Waals surface area contributed by atoms with E-state index < -0.39 is 17.6 Å². The molecule has 2 N–H and O–H groups in total. The summed E-state index contributed by atoms with van der Waals surface area (Å²) >= 11 is 0. The highest BCUT2D eigenvalue weighted by atomic mass is 19.1. The Morgan fingerprint density at radius 3 is 2.37 bits per heavy atom. The van der Waals surface area contributed by atoms with Gasteiger partial charge < -0.3 is 20.1 Å². The molecule has 0 aliphatic carbocycles. The van der Waals surface area contributed by atoms with Gasteiger partial charge in [0.15, 0.2) is 0 Å². The molecule has 0 amide bonds. The van der Waals surface area contributed by atoms with Crippen LogP contribution in [0.4, 0.5) is 26.1 Å². The Hall–Kier alpha value is -3.66. The number of carbonyl (C=O) groups is 1. The first-order valence-electron chi connectivity index (χ1n) is 9.12. The second-order valence-electron chi connectivity index (χ2n) is 6.51. The molecule has 0 spiro atoms. The molecule has 3 aromatic rings. The van der Waals surface area contributed by atoms with Gasteiger partial charge >= 0.3 is 5.97 Å². The third-order valence-electron chi connectivity index (χ3n) is 4.61. The molecule has 2 aromatic heterocycles. The Bertz CT molecular complexity index is 1050. The molecular formula is C20H17F2N5O3. The van der Waals surface area contributed by atoms with Gasteiger partial charge in [-0.25, -0.2) is 23.5 Å². The molecule has 1 aromatic carbocycles. The van der Waals surface area contributed by atoms with Gasteiger partial charge in [-0.3, -0.25) is 4.98 Å². The third-order valence-corrected chi connectivity index (χ3v) is 4.61.